The summed E-state index contributed by atoms with van der Waals surface area (Å²) in [6.45, 7) is 4.65. The van der Waals surface area contributed by atoms with E-state index in [2.05, 4.69) is 10.3 Å². The molecule has 3 nitrogen and oxygen atoms in total. The van der Waals surface area contributed by atoms with E-state index in [4.69, 9.17) is 0 Å². The van der Waals surface area contributed by atoms with E-state index in [1.807, 2.05) is 11.8 Å². The monoisotopic (exact) mass is 195 g/mol. The van der Waals surface area contributed by atoms with Crippen LogP contribution in [0.1, 0.15) is 6.92 Å². The molecule has 0 unspecified atom stereocenters. The van der Waals surface area contributed by atoms with E-state index in [-0.39, 0.29) is 5.82 Å². The van der Waals surface area contributed by atoms with Gasteiger partial charge in [0.2, 0.25) is 0 Å². The van der Waals surface area contributed by atoms with Gasteiger partial charge < -0.3 is 10.2 Å². The van der Waals surface area contributed by atoms with Crippen LogP contribution in [-0.2, 0) is 0 Å². The van der Waals surface area contributed by atoms with Crippen LogP contribution in [0.3, 0.4) is 0 Å². The lowest BCUT2D eigenvalue weighted by molar-refractivity contribution is 0.410. The largest absolute Gasteiger partial charge is 0.349 e. The van der Waals surface area contributed by atoms with Gasteiger partial charge >= 0.3 is 0 Å². The number of hydrogen-bond donors (Lipinski definition) is 1. The molecule has 1 aliphatic rings. The Morgan fingerprint density at radius 2 is 2.43 bits per heavy atom. The summed E-state index contributed by atoms with van der Waals surface area (Å²) in [5.41, 5.74) is 0. The third-order valence-corrected chi connectivity index (χ3v) is 2.55. The number of likely N-dealkylation sites (N-methyl/N-ethyl adjacent to an activating group) is 1. The normalized spacial score (nSPS) is 16.4. The van der Waals surface area contributed by atoms with Crippen LogP contribution >= 0.6 is 0 Å². The molecule has 2 heterocycles. The van der Waals surface area contributed by atoms with Gasteiger partial charge in [-0.1, -0.05) is 0 Å². The highest BCUT2D eigenvalue weighted by Gasteiger charge is 2.25. The highest BCUT2D eigenvalue weighted by Crippen LogP contribution is 2.19. The first-order chi connectivity index (χ1) is 6.83. The molecule has 0 atom stereocenters. The Kier molecular flexibility index (Phi) is 2.63. The Bertz CT molecular complexity index is 312. The summed E-state index contributed by atoms with van der Waals surface area (Å²) in [5, 5.41) is 3.17. The molecule has 4 heteroatoms. The van der Waals surface area contributed by atoms with E-state index >= 15 is 0 Å². The molecule has 0 aromatic carbocycles. The van der Waals surface area contributed by atoms with Gasteiger partial charge in [-0.15, -0.1) is 0 Å². The molecule has 0 radical (unpaired) electrons. The SMILES string of the molecule is CCN(c1ncccc1F)C1CNC1. The molecule has 0 bridgehead atoms. The van der Waals surface area contributed by atoms with E-state index in [1.54, 1.807) is 12.3 Å². The first-order valence-corrected chi connectivity index (χ1v) is 4.90. The minimum absolute atomic E-state index is 0.235. The molecule has 2 rings (SSSR count). The van der Waals surface area contributed by atoms with Crippen LogP contribution in [0.4, 0.5) is 10.2 Å². The molecule has 14 heavy (non-hydrogen) atoms. The van der Waals surface area contributed by atoms with Crippen LogP contribution in [0.2, 0.25) is 0 Å². The second-order valence-electron chi connectivity index (χ2n) is 3.41. The molecule has 1 saturated heterocycles. The minimum Gasteiger partial charge on any atom is -0.349 e. The lowest BCUT2D eigenvalue weighted by Crippen LogP contribution is -2.57. The first-order valence-electron chi connectivity index (χ1n) is 4.90. The molecule has 1 aliphatic heterocycles. The second-order valence-corrected chi connectivity index (χ2v) is 3.41. The number of pyridine rings is 1. The predicted octanol–water partition coefficient (Wildman–Crippen LogP) is 1.02. The van der Waals surface area contributed by atoms with E-state index in [9.17, 15) is 4.39 Å². The molecule has 0 spiro atoms. The fourth-order valence-electron chi connectivity index (χ4n) is 1.66. The average Bonchev–Trinajstić information content (AvgIpc) is 2.12. The van der Waals surface area contributed by atoms with Crippen molar-refractivity contribution in [3.8, 4) is 0 Å². The third-order valence-electron chi connectivity index (χ3n) is 2.55. The summed E-state index contributed by atoms with van der Waals surface area (Å²) >= 11 is 0. The topological polar surface area (TPSA) is 28.2 Å². The van der Waals surface area contributed by atoms with Crippen LogP contribution in [0.15, 0.2) is 18.3 Å². The van der Waals surface area contributed by atoms with Gasteiger partial charge in [0.1, 0.15) is 0 Å². The summed E-state index contributed by atoms with van der Waals surface area (Å²) in [6, 6.07) is 3.47. The smallest absolute Gasteiger partial charge is 0.165 e. The van der Waals surface area contributed by atoms with Gasteiger partial charge in [0.15, 0.2) is 11.6 Å². The molecular formula is C10H14FN3. The number of anilines is 1. The van der Waals surface area contributed by atoms with Gasteiger partial charge in [-0.05, 0) is 19.1 Å². The van der Waals surface area contributed by atoms with Gasteiger partial charge in [-0.2, -0.15) is 0 Å². The van der Waals surface area contributed by atoms with E-state index in [0.29, 0.717) is 11.9 Å². The quantitative estimate of drug-likeness (QED) is 0.780. The maximum atomic E-state index is 13.4. The zero-order chi connectivity index (χ0) is 9.97. The molecule has 1 aromatic heterocycles. The number of nitrogens with one attached hydrogen (secondary N) is 1. The standard InChI is InChI=1S/C10H14FN3/c1-2-14(8-6-12-7-8)10-9(11)4-3-5-13-10/h3-5,8,12H,2,6-7H2,1H3. The molecule has 1 fully saturated rings. The Hall–Kier alpha value is -1.16. The molecule has 0 amide bonds. The number of nitrogens with zero attached hydrogens (tertiary/aromatic N) is 2. The molecular weight excluding hydrogens is 181 g/mol. The number of halogens is 1. The second kappa shape index (κ2) is 3.92. The lowest BCUT2D eigenvalue weighted by Gasteiger charge is -2.38. The summed E-state index contributed by atoms with van der Waals surface area (Å²) in [6.07, 6.45) is 1.63. The van der Waals surface area contributed by atoms with E-state index < -0.39 is 0 Å². The minimum atomic E-state index is -0.235. The van der Waals surface area contributed by atoms with Crippen molar-refractivity contribution in [1.82, 2.24) is 10.3 Å². The first kappa shape index (κ1) is 9.40. The van der Waals surface area contributed by atoms with E-state index in [0.717, 1.165) is 19.6 Å². The van der Waals surface area contributed by atoms with Crippen molar-refractivity contribution in [3.05, 3.63) is 24.1 Å². The molecule has 1 aromatic rings. The lowest BCUT2D eigenvalue weighted by atomic mass is 10.1. The Morgan fingerprint density at radius 1 is 1.64 bits per heavy atom. The van der Waals surface area contributed by atoms with Crippen molar-refractivity contribution >= 4 is 5.82 Å². The highest BCUT2D eigenvalue weighted by molar-refractivity contribution is 5.41. The maximum absolute atomic E-state index is 13.4. The van der Waals surface area contributed by atoms with Crippen LogP contribution in [-0.4, -0.2) is 30.7 Å². The molecule has 1 N–H and O–H groups in total. The van der Waals surface area contributed by atoms with Crippen molar-refractivity contribution in [1.29, 1.82) is 0 Å². The van der Waals surface area contributed by atoms with Crippen molar-refractivity contribution < 1.29 is 4.39 Å². The fraction of sp³-hybridized carbons (Fsp3) is 0.500. The van der Waals surface area contributed by atoms with Crippen LogP contribution in [0.5, 0.6) is 0 Å². The van der Waals surface area contributed by atoms with Crippen molar-refractivity contribution in [2.45, 2.75) is 13.0 Å². The average molecular weight is 195 g/mol. The van der Waals surface area contributed by atoms with Crippen molar-refractivity contribution in [3.63, 3.8) is 0 Å². The van der Waals surface area contributed by atoms with Gasteiger partial charge in [0.25, 0.3) is 0 Å². The summed E-state index contributed by atoms with van der Waals surface area (Å²) in [4.78, 5) is 6.08. The highest BCUT2D eigenvalue weighted by atomic mass is 19.1. The fourth-order valence-corrected chi connectivity index (χ4v) is 1.66. The van der Waals surface area contributed by atoms with Crippen molar-refractivity contribution in [2.75, 3.05) is 24.5 Å². The van der Waals surface area contributed by atoms with Crippen LogP contribution in [0.25, 0.3) is 0 Å². The van der Waals surface area contributed by atoms with Crippen LogP contribution < -0.4 is 10.2 Å². The Labute approximate surface area is 82.9 Å². The van der Waals surface area contributed by atoms with Gasteiger partial charge in [0.05, 0.1) is 6.04 Å². The zero-order valence-electron chi connectivity index (χ0n) is 8.20. The summed E-state index contributed by atoms with van der Waals surface area (Å²) < 4.78 is 13.4. The maximum Gasteiger partial charge on any atom is 0.165 e. The molecule has 0 aliphatic carbocycles. The Balaban J connectivity index is 2.22. The van der Waals surface area contributed by atoms with Gasteiger partial charge in [-0.3, -0.25) is 0 Å². The van der Waals surface area contributed by atoms with E-state index in [1.165, 1.54) is 6.07 Å². The summed E-state index contributed by atoms with van der Waals surface area (Å²) in [7, 11) is 0. The zero-order valence-corrected chi connectivity index (χ0v) is 8.20. The Morgan fingerprint density at radius 3 is 2.93 bits per heavy atom. The number of hydrogen-bond acceptors (Lipinski definition) is 3. The van der Waals surface area contributed by atoms with Gasteiger partial charge in [0, 0.05) is 25.8 Å². The summed E-state index contributed by atoms with van der Waals surface area (Å²) in [5.74, 6) is 0.239. The number of rotatable bonds is 3. The molecule has 0 saturated carbocycles. The predicted molar refractivity (Wildman–Crippen MR) is 53.9 cm³/mol. The number of aromatic nitrogens is 1. The van der Waals surface area contributed by atoms with Crippen molar-refractivity contribution in [2.24, 2.45) is 0 Å². The van der Waals surface area contributed by atoms with Crippen LogP contribution in [0, 0.1) is 5.82 Å². The molecule has 76 valence electrons. The van der Waals surface area contributed by atoms with Gasteiger partial charge in [-0.25, -0.2) is 9.37 Å². The third kappa shape index (κ3) is 1.57.